The van der Waals surface area contributed by atoms with Crippen molar-refractivity contribution in [3.63, 3.8) is 0 Å². The van der Waals surface area contributed by atoms with Gasteiger partial charge in [0.1, 0.15) is 11.6 Å². The molecule has 1 aliphatic carbocycles. The molecule has 1 aromatic carbocycles. The van der Waals surface area contributed by atoms with E-state index in [1.807, 2.05) is 12.3 Å². The predicted molar refractivity (Wildman–Crippen MR) is 53.4 cm³/mol. The minimum absolute atomic E-state index is 1.03. The molecule has 1 nitrogen and oxygen atoms in total. The van der Waals surface area contributed by atoms with Crippen molar-refractivity contribution < 1.29 is 0 Å². The lowest BCUT2D eigenvalue weighted by Gasteiger charge is -1.94. The maximum absolute atomic E-state index is 4.03. The third-order valence-corrected chi connectivity index (χ3v) is 2.54. The number of benzene rings is 1. The number of rotatable bonds is 0. The number of nitrogens with zero attached hydrogens (tertiary/aromatic N) is 1. The minimum atomic E-state index is 1.03. The summed E-state index contributed by atoms with van der Waals surface area (Å²) in [5, 5.41) is 0. The molecule has 60 valence electrons. The van der Waals surface area contributed by atoms with Gasteiger partial charge in [0.15, 0.2) is 12.4 Å². The molecule has 0 radical (unpaired) electrons. The summed E-state index contributed by atoms with van der Waals surface area (Å²) in [5.74, 6) is 0. The summed E-state index contributed by atoms with van der Waals surface area (Å²) in [7, 11) is 0. The van der Waals surface area contributed by atoms with E-state index >= 15 is 0 Å². The summed E-state index contributed by atoms with van der Waals surface area (Å²) in [6.45, 7) is 0. The van der Waals surface area contributed by atoms with Gasteiger partial charge in [-0.2, -0.15) is 0 Å². The lowest BCUT2D eigenvalue weighted by molar-refractivity contribution is 1.23. The molecule has 0 spiro atoms. The molecule has 3 rings (SSSR count). The van der Waals surface area contributed by atoms with Gasteiger partial charge in [0, 0.05) is 12.0 Å². The van der Waals surface area contributed by atoms with Gasteiger partial charge < -0.3 is 0 Å². The van der Waals surface area contributed by atoms with Crippen LogP contribution in [0.4, 0.5) is 0 Å². The van der Waals surface area contributed by atoms with Crippen LogP contribution < -0.4 is 0 Å². The quantitative estimate of drug-likeness (QED) is 0.525. The van der Waals surface area contributed by atoms with Gasteiger partial charge in [-0.25, -0.2) is 0 Å². The molecule has 0 saturated carbocycles. The normalized spacial score (nSPS) is 16.9. The Bertz CT molecular complexity index is 450. The van der Waals surface area contributed by atoms with Crippen LogP contribution in [-0.2, 0) is 6.42 Å². The van der Waals surface area contributed by atoms with Gasteiger partial charge in [0.2, 0.25) is 0 Å². The first-order valence-corrected chi connectivity index (χ1v) is 4.38. The van der Waals surface area contributed by atoms with Crippen molar-refractivity contribution >= 4 is 11.8 Å². The van der Waals surface area contributed by atoms with Crippen molar-refractivity contribution in [1.82, 2.24) is 0 Å². The maximum atomic E-state index is 4.03. The standard InChI is InChI=1S/C12H8N/c1-2-4-11-9(3-1)7-10-5-6-13-8-12(10)11/h1-5,8H,7H2/q+1. The molecule has 1 heteroatoms. The summed E-state index contributed by atoms with van der Waals surface area (Å²) < 4.78 is 0. The van der Waals surface area contributed by atoms with Crippen LogP contribution in [0.1, 0.15) is 11.1 Å². The lowest BCUT2D eigenvalue weighted by Crippen LogP contribution is -1.87. The predicted octanol–water partition coefficient (Wildman–Crippen LogP) is 2.40. The molecular weight excluding hydrogens is 158 g/mol. The van der Waals surface area contributed by atoms with E-state index in [4.69, 9.17) is 0 Å². The van der Waals surface area contributed by atoms with Crippen molar-refractivity contribution in [2.45, 2.75) is 6.42 Å². The molecule has 0 atom stereocenters. The van der Waals surface area contributed by atoms with E-state index in [1.165, 1.54) is 22.3 Å². The van der Waals surface area contributed by atoms with Gasteiger partial charge in [0.25, 0.3) is 0 Å². The van der Waals surface area contributed by atoms with Gasteiger partial charge in [0.05, 0.1) is 5.57 Å². The zero-order chi connectivity index (χ0) is 8.67. The van der Waals surface area contributed by atoms with Gasteiger partial charge >= 0.3 is 0 Å². The Hall–Kier alpha value is -1.72. The second-order valence-electron chi connectivity index (χ2n) is 3.30. The molecule has 13 heavy (non-hydrogen) atoms. The van der Waals surface area contributed by atoms with E-state index in [0.29, 0.717) is 0 Å². The first-order valence-electron chi connectivity index (χ1n) is 4.38. The van der Waals surface area contributed by atoms with Crippen LogP contribution in [0, 0.1) is 6.20 Å². The van der Waals surface area contributed by atoms with Crippen molar-refractivity contribution in [3.8, 4) is 0 Å². The van der Waals surface area contributed by atoms with Crippen LogP contribution in [0.2, 0.25) is 0 Å². The van der Waals surface area contributed by atoms with Crippen LogP contribution in [0.25, 0.3) is 5.57 Å². The topological polar surface area (TPSA) is 12.4 Å². The molecule has 2 aliphatic rings. The largest absolute Gasteiger partial charge is 0.156 e. The molecule has 0 fully saturated rings. The third kappa shape index (κ3) is 0.881. The van der Waals surface area contributed by atoms with Crippen molar-refractivity contribution in [2.75, 3.05) is 0 Å². The van der Waals surface area contributed by atoms with Gasteiger partial charge in [-0.05, 0) is 5.56 Å². The Morgan fingerprint density at radius 1 is 1.23 bits per heavy atom. The van der Waals surface area contributed by atoms with Crippen LogP contribution in [0.15, 0.2) is 40.9 Å². The van der Waals surface area contributed by atoms with E-state index in [2.05, 4.69) is 35.5 Å². The monoisotopic (exact) mass is 166 g/mol. The summed E-state index contributed by atoms with van der Waals surface area (Å²) >= 11 is 0. The Balaban J connectivity index is 2.24. The fourth-order valence-corrected chi connectivity index (χ4v) is 1.91. The van der Waals surface area contributed by atoms with Crippen molar-refractivity contribution in [1.29, 1.82) is 0 Å². The zero-order valence-corrected chi connectivity index (χ0v) is 7.12. The molecule has 0 bridgehead atoms. The van der Waals surface area contributed by atoms with Gasteiger partial charge in [-0.3, -0.25) is 0 Å². The zero-order valence-electron chi connectivity index (χ0n) is 7.12. The minimum Gasteiger partial charge on any atom is -0.0736 e. The Kier molecular flexibility index (Phi) is 1.24. The number of allylic oxidation sites excluding steroid dienone is 3. The maximum Gasteiger partial charge on any atom is 0.156 e. The molecule has 0 unspecified atom stereocenters. The van der Waals surface area contributed by atoms with Crippen LogP contribution in [-0.4, -0.2) is 6.21 Å². The number of fused-ring (bicyclic) bond motifs is 2. The Morgan fingerprint density at radius 2 is 2.15 bits per heavy atom. The third-order valence-electron chi connectivity index (χ3n) is 2.54. The van der Waals surface area contributed by atoms with Crippen LogP contribution >= 0.6 is 0 Å². The highest BCUT2D eigenvalue weighted by Crippen LogP contribution is 2.33. The SMILES string of the molecule is [C+]1=CC2=C(C=N1)c1ccccc1C2. The summed E-state index contributed by atoms with van der Waals surface area (Å²) in [6, 6.07) is 8.49. The van der Waals surface area contributed by atoms with Crippen molar-refractivity contribution in [3.05, 3.63) is 53.2 Å². The molecule has 0 saturated heterocycles. The number of hydrogen-bond donors (Lipinski definition) is 0. The van der Waals surface area contributed by atoms with Crippen LogP contribution in [0.5, 0.6) is 0 Å². The van der Waals surface area contributed by atoms with Crippen LogP contribution in [0.3, 0.4) is 0 Å². The molecule has 0 amide bonds. The van der Waals surface area contributed by atoms with Crippen molar-refractivity contribution in [2.24, 2.45) is 4.99 Å². The van der Waals surface area contributed by atoms with Gasteiger partial charge in [-0.15, -0.1) is 0 Å². The smallest absolute Gasteiger partial charge is 0.0736 e. The number of hydrogen-bond acceptors (Lipinski definition) is 1. The summed E-state index contributed by atoms with van der Waals surface area (Å²) in [5.41, 5.74) is 5.35. The highest BCUT2D eigenvalue weighted by atomic mass is 14.7. The van der Waals surface area contributed by atoms with E-state index in [1.54, 1.807) is 0 Å². The fraction of sp³-hybridized carbons (Fsp3) is 0.0833. The van der Waals surface area contributed by atoms with E-state index < -0.39 is 0 Å². The highest BCUT2D eigenvalue weighted by molar-refractivity contribution is 6.14. The molecule has 0 N–H and O–H groups in total. The first kappa shape index (κ1) is 6.76. The van der Waals surface area contributed by atoms with E-state index in [-0.39, 0.29) is 0 Å². The number of aliphatic imine (C=N–C) groups is 1. The second kappa shape index (κ2) is 2.38. The highest BCUT2D eigenvalue weighted by Gasteiger charge is 2.26. The second-order valence-corrected chi connectivity index (χ2v) is 3.30. The average Bonchev–Trinajstić information content (AvgIpc) is 2.56. The molecule has 0 aromatic heterocycles. The van der Waals surface area contributed by atoms with Gasteiger partial charge in [-0.1, -0.05) is 29.3 Å². The lowest BCUT2D eigenvalue weighted by atomic mass is 10.1. The molecular formula is C12H8N+. The summed E-state index contributed by atoms with van der Waals surface area (Å²) in [4.78, 5) is 4.03. The van der Waals surface area contributed by atoms with E-state index in [9.17, 15) is 0 Å². The summed E-state index contributed by atoms with van der Waals surface area (Å²) in [6.07, 6.45) is 7.80. The molecule has 1 heterocycles. The Labute approximate surface area is 77.1 Å². The van der Waals surface area contributed by atoms with E-state index in [0.717, 1.165) is 6.42 Å². The molecule has 1 aromatic rings. The Morgan fingerprint density at radius 3 is 3.15 bits per heavy atom. The fourth-order valence-electron chi connectivity index (χ4n) is 1.91. The molecule has 1 aliphatic heterocycles. The first-order chi connectivity index (χ1) is 6.45. The average molecular weight is 166 g/mol.